The van der Waals surface area contributed by atoms with Gasteiger partial charge in [-0.3, -0.25) is 9.59 Å². The molecule has 0 saturated heterocycles. The molecule has 0 aromatic heterocycles. The van der Waals surface area contributed by atoms with Gasteiger partial charge in [0.05, 0.1) is 17.8 Å². The maximum Gasteiger partial charge on any atom is 0.262 e. The van der Waals surface area contributed by atoms with Crippen LogP contribution < -0.4 is 15.0 Å². The second-order valence-electron chi connectivity index (χ2n) is 7.14. The van der Waals surface area contributed by atoms with Crippen molar-refractivity contribution in [3.05, 3.63) is 89.7 Å². The number of para-hydroxylation sites is 1. The van der Waals surface area contributed by atoms with E-state index >= 15 is 0 Å². The zero-order chi connectivity index (χ0) is 20.7. The lowest BCUT2D eigenvalue weighted by Crippen LogP contribution is -2.26. The third-order valence-electron chi connectivity index (χ3n) is 5.24. The number of nitrogens with zero attached hydrogens (tertiary/aromatic N) is 1. The number of fused-ring (bicyclic) bond motifs is 1. The van der Waals surface area contributed by atoms with Crippen molar-refractivity contribution in [3.63, 3.8) is 0 Å². The van der Waals surface area contributed by atoms with Crippen LogP contribution in [-0.2, 0) is 9.59 Å². The van der Waals surface area contributed by atoms with Gasteiger partial charge in [-0.1, -0.05) is 36.4 Å². The van der Waals surface area contributed by atoms with Gasteiger partial charge < -0.3 is 15.0 Å². The molecule has 150 valence electrons. The van der Waals surface area contributed by atoms with Crippen LogP contribution in [0, 0.1) is 5.82 Å². The first kappa shape index (κ1) is 18.1. The number of anilines is 2. The summed E-state index contributed by atoms with van der Waals surface area (Å²) in [7, 11) is 0. The lowest BCUT2D eigenvalue weighted by molar-refractivity contribution is -0.118. The highest BCUT2D eigenvalue weighted by Gasteiger charge is 2.33. The highest BCUT2D eigenvalue weighted by atomic mass is 19.1. The van der Waals surface area contributed by atoms with Crippen molar-refractivity contribution in [2.75, 3.05) is 23.4 Å². The second-order valence-corrected chi connectivity index (χ2v) is 7.14. The molecule has 0 bridgehead atoms. The van der Waals surface area contributed by atoms with Crippen LogP contribution in [0.4, 0.5) is 15.8 Å². The number of hydrogen-bond donors (Lipinski definition) is 1. The standard InChI is InChI=1S/C24H17FN2O3.H2/c25-17-9-6-15(7-10-17)23-19(13-27(24(23)29)18-4-2-1-3-5-18)16-8-11-21-20(12-16)26-22(28)14-30-21;/h1-12H,13-14H2,(H,26,28);1H. The van der Waals surface area contributed by atoms with E-state index in [9.17, 15) is 14.0 Å². The van der Waals surface area contributed by atoms with Crippen molar-refractivity contribution in [1.82, 2.24) is 0 Å². The van der Waals surface area contributed by atoms with Gasteiger partial charge in [-0.2, -0.15) is 0 Å². The van der Waals surface area contributed by atoms with Crippen molar-refractivity contribution in [2.24, 2.45) is 0 Å². The lowest BCUT2D eigenvalue weighted by atomic mass is 9.96. The summed E-state index contributed by atoms with van der Waals surface area (Å²) in [5.74, 6) is -0.145. The maximum absolute atomic E-state index is 13.5. The SMILES string of the molecule is O=C1COc2ccc(C3=C(c4ccc(F)cc4)C(=O)N(c4ccccc4)C3)cc2N1.[HH]. The van der Waals surface area contributed by atoms with E-state index in [-0.39, 0.29) is 25.7 Å². The Balaban J connectivity index is 0.00000231. The molecule has 0 atom stereocenters. The summed E-state index contributed by atoms with van der Waals surface area (Å²) in [5, 5.41) is 2.81. The van der Waals surface area contributed by atoms with E-state index in [1.165, 1.54) is 12.1 Å². The minimum absolute atomic E-state index is 0. The van der Waals surface area contributed by atoms with Crippen molar-refractivity contribution >= 4 is 34.3 Å². The van der Waals surface area contributed by atoms with Crippen LogP contribution in [-0.4, -0.2) is 25.0 Å². The minimum Gasteiger partial charge on any atom is -0.482 e. The first-order valence-electron chi connectivity index (χ1n) is 9.53. The molecule has 1 N–H and O–H groups in total. The van der Waals surface area contributed by atoms with Crippen LogP contribution in [0.25, 0.3) is 11.1 Å². The Morgan fingerprint density at radius 3 is 2.43 bits per heavy atom. The Kier molecular flexibility index (Phi) is 4.32. The molecule has 30 heavy (non-hydrogen) atoms. The number of halogens is 1. The van der Waals surface area contributed by atoms with Gasteiger partial charge in [-0.25, -0.2) is 4.39 Å². The van der Waals surface area contributed by atoms with Crippen LogP contribution in [0.15, 0.2) is 72.8 Å². The Morgan fingerprint density at radius 2 is 1.67 bits per heavy atom. The molecule has 2 aliphatic heterocycles. The zero-order valence-corrected chi connectivity index (χ0v) is 15.9. The highest BCUT2D eigenvalue weighted by molar-refractivity contribution is 6.36. The van der Waals surface area contributed by atoms with E-state index in [2.05, 4.69) is 5.32 Å². The fourth-order valence-electron chi connectivity index (χ4n) is 3.81. The Labute approximate surface area is 173 Å². The first-order chi connectivity index (χ1) is 14.6. The van der Waals surface area contributed by atoms with Gasteiger partial charge in [-0.15, -0.1) is 0 Å². The molecular weight excluding hydrogens is 383 g/mol. The third-order valence-corrected chi connectivity index (χ3v) is 5.24. The predicted octanol–water partition coefficient (Wildman–Crippen LogP) is 4.36. The fourth-order valence-corrected chi connectivity index (χ4v) is 3.81. The minimum atomic E-state index is -0.361. The van der Waals surface area contributed by atoms with Gasteiger partial charge >= 0.3 is 0 Å². The second kappa shape index (κ2) is 7.15. The summed E-state index contributed by atoms with van der Waals surface area (Å²) in [6, 6.07) is 20.8. The van der Waals surface area contributed by atoms with E-state index in [0.29, 0.717) is 29.1 Å². The Bertz CT molecular complexity index is 1190. The summed E-state index contributed by atoms with van der Waals surface area (Å²) in [6.45, 7) is 0.347. The van der Waals surface area contributed by atoms with E-state index in [1.807, 2.05) is 42.5 Å². The van der Waals surface area contributed by atoms with Gasteiger partial charge in [0.15, 0.2) is 6.61 Å². The van der Waals surface area contributed by atoms with Gasteiger partial charge in [-0.05, 0) is 53.1 Å². The van der Waals surface area contributed by atoms with Crippen molar-refractivity contribution in [1.29, 1.82) is 0 Å². The summed E-state index contributed by atoms with van der Waals surface area (Å²) < 4.78 is 18.9. The maximum atomic E-state index is 13.5. The fraction of sp³-hybridized carbons (Fsp3) is 0.0833. The summed E-state index contributed by atoms with van der Waals surface area (Å²) in [6.07, 6.45) is 0. The van der Waals surface area contributed by atoms with E-state index in [0.717, 1.165) is 16.8 Å². The molecule has 0 unspecified atom stereocenters. The highest BCUT2D eigenvalue weighted by Crippen LogP contribution is 2.39. The molecule has 3 aromatic carbocycles. The van der Waals surface area contributed by atoms with Gasteiger partial charge in [0.25, 0.3) is 11.8 Å². The van der Waals surface area contributed by atoms with E-state index in [1.54, 1.807) is 23.1 Å². The number of carbonyl (C=O) groups is 2. The monoisotopic (exact) mass is 402 g/mol. The molecule has 0 fully saturated rings. The average molecular weight is 402 g/mol. The number of ether oxygens (including phenoxy) is 1. The third kappa shape index (κ3) is 3.12. The van der Waals surface area contributed by atoms with Crippen molar-refractivity contribution in [2.45, 2.75) is 0 Å². The van der Waals surface area contributed by atoms with Gasteiger partial charge in [0, 0.05) is 7.11 Å². The number of rotatable bonds is 3. The molecule has 2 heterocycles. The van der Waals surface area contributed by atoms with Crippen LogP contribution >= 0.6 is 0 Å². The lowest BCUT2D eigenvalue weighted by Gasteiger charge is -2.19. The first-order valence-corrected chi connectivity index (χ1v) is 9.53. The zero-order valence-electron chi connectivity index (χ0n) is 15.9. The Hall–Kier alpha value is -3.93. The van der Waals surface area contributed by atoms with Crippen LogP contribution in [0.5, 0.6) is 5.75 Å². The normalized spacial score (nSPS) is 15.7. The molecule has 0 radical (unpaired) electrons. The van der Waals surface area contributed by atoms with Crippen molar-refractivity contribution in [3.8, 4) is 5.75 Å². The van der Waals surface area contributed by atoms with Gasteiger partial charge in [0.2, 0.25) is 0 Å². The molecule has 2 aliphatic rings. The van der Waals surface area contributed by atoms with Crippen LogP contribution in [0.1, 0.15) is 12.6 Å². The number of nitrogens with one attached hydrogen (secondary N) is 1. The number of carbonyl (C=O) groups excluding carboxylic acids is 2. The number of benzene rings is 3. The molecule has 0 aliphatic carbocycles. The molecule has 6 heteroatoms. The summed E-state index contributed by atoms with van der Waals surface area (Å²) >= 11 is 0. The van der Waals surface area contributed by atoms with E-state index < -0.39 is 0 Å². The number of amides is 2. The molecule has 2 amide bonds. The molecule has 0 spiro atoms. The van der Waals surface area contributed by atoms with E-state index in [4.69, 9.17) is 4.74 Å². The van der Waals surface area contributed by atoms with Crippen LogP contribution in [0.2, 0.25) is 0 Å². The van der Waals surface area contributed by atoms with Gasteiger partial charge in [0.1, 0.15) is 11.6 Å². The summed E-state index contributed by atoms with van der Waals surface area (Å²) in [4.78, 5) is 26.8. The summed E-state index contributed by atoms with van der Waals surface area (Å²) in [5.41, 5.74) is 4.12. The molecule has 0 saturated carbocycles. The quantitative estimate of drug-likeness (QED) is 0.708. The van der Waals surface area contributed by atoms with Crippen molar-refractivity contribution < 1.29 is 20.1 Å². The molecule has 3 aromatic rings. The van der Waals surface area contributed by atoms with Crippen LogP contribution in [0.3, 0.4) is 0 Å². The largest absolute Gasteiger partial charge is 0.482 e. The molecular formula is C24H19FN2O3. The molecule has 5 nitrogen and oxygen atoms in total. The smallest absolute Gasteiger partial charge is 0.262 e. The molecule has 5 rings (SSSR count). The predicted molar refractivity (Wildman–Crippen MR) is 115 cm³/mol. The Morgan fingerprint density at radius 1 is 0.933 bits per heavy atom. The average Bonchev–Trinajstić information content (AvgIpc) is 3.11. The number of hydrogen-bond acceptors (Lipinski definition) is 3. The topological polar surface area (TPSA) is 58.6 Å².